The van der Waals surface area contributed by atoms with E-state index in [9.17, 15) is 18.0 Å². The number of alkyl halides is 3. The Bertz CT molecular complexity index is 501. The fourth-order valence-electron chi connectivity index (χ4n) is 1.78. The summed E-state index contributed by atoms with van der Waals surface area (Å²) in [4.78, 5) is 11.6. The van der Waals surface area contributed by atoms with Crippen LogP contribution in [-0.2, 0) is 15.7 Å². The van der Waals surface area contributed by atoms with E-state index in [0.29, 0.717) is 17.8 Å². The molecule has 3 N–H and O–H groups in total. The molecule has 118 valence electrons. The van der Waals surface area contributed by atoms with Crippen molar-refractivity contribution < 1.29 is 22.7 Å². The van der Waals surface area contributed by atoms with Crippen molar-refractivity contribution in [3.63, 3.8) is 0 Å². The number of hydrogen-bond donors (Lipinski definition) is 2. The average molecular weight is 325 g/mol. The number of nitrogen functional groups attached to an aromatic ring is 1. The summed E-state index contributed by atoms with van der Waals surface area (Å²) in [5.74, 6) is 3.52. The average Bonchev–Trinajstić information content (AvgIpc) is 3.02. The van der Waals surface area contributed by atoms with Crippen LogP contribution in [0.4, 0.5) is 13.2 Å². The Balaban J connectivity index is 1.80. The lowest BCUT2D eigenvalue weighted by Gasteiger charge is -2.10. The van der Waals surface area contributed by atoms with Gasteiger partial charge in [-0.25, -0.2) is 4.68 Å². The Kier molecular flexibility index (Phi) is 4.93. The fourth-order valence-corrected chi connectivity index (χ4v) is 2.47. The van der Waals surface area contributed by atoms with E-state index in [2.05, 4.69) is 15.5 Å². The number of nitrogens with zero attached hydrogens (tertiary/aromatic N) is 3. The Morgan fingerprint density at radius 2 is 2.29 bits per heavy atom. The van der Waals surface area contributed by atoms with Crippen molar-refractivity contribution in [3.8, 4) is 0 Å². The third kappa shape index (κ3) is 4.24. The molecular weight excluding hydrogens is 311 g/mol. The lowest BCUT2D eigenvalue weighted by molar-refractivity contribution is -0.146. The smallest absolute Gasteiger partial charge is 0.376 e. The molecule has 0 unspecified atom stereocenters. The van der Waals surface area contributed by atoms with Gasteiger partial charge >= 0.3 is 6.18 Å². The van der Waals surface area contributed by atoms with Gasteiger partial charge in [0, 0.05) is 13.2 Å². The van der Waals surface area contributed by atoms with E-state index in [0.717, 1.165) is 24.6 Å². The van der Waals surface area contributed by atoms with Gasteiger partial charge in [0.2, 0.25) is 11.1 Å². The monoisotopic (exact) mass is 325 g/mol. The number of nitrogens with two attached hydrogens (primary N) is 1. The highest BCUT2D eigenvalue weighted by Gasteiger charge is 2.38. The molecule has 0 spiro atoms. The number of carbonyl (C=O) groups is 1. The van der Waals surface area contributed by atoms with Gasteiger partial charge in [0.15, 0.2) is 0 Å². The lowest BCUT2D eigenvalue weighted by atomic mass is 10.2. The Morgan fingerprint density at radius 1 is 1.52 bits per heavy atom. The minimum atomic E-state index is -4.68. The third-order valence-corrected chi connectivity index (χ3v) is 3.74. The Hall–Kier alpha value is -1.49. The minimum absolute atomic E-state index is 0.00828. The molecule has 1 aromatic rings. The van der Waals surface area contributed by atoms with Gasteiger partial charge in [-0.05, 0) is 12.8 Å². The summed E-state index contributed by atoms with van der Waals surface area (Å²) in [6.07, 6.45) is -2.82. The standard InChI is InChI=1S/C10H14F3N5O2S/c11-10(12,13)8-16-17-9(18(8)14)21-5-7(19)15-4-6-2-1-3-20-6/h6H,1-5,14H2,(H,15,19)/t6-/m1/s1. The van der Waals surface area contributed by atoms with Gasteiger partial charge in [0.1, 0.15) is 0 Å². The number of aromatic nitrogens is 3. The zero-order chi connectivity index (χ0) is 15.5. The van der Waals surface area contributed by atoms with Crippen LogP contribution >= 0.6 is 11.8 Å². The van der Waals surface area contributed by atoms with Crippen LogP contribution in [0.1, 0.15) is 18.7 Å². The fraction of sp³-hybridized carbons (Fsp3) is 0.700. The molecule has 1 aliphatic rings. The highest BCUT2D eigenvalue weighted by atomic mass is 32.2. The molecule has 0 bridgehead atoms. The molecule has 1 atom stereocenters. The summed E-state index contributed by atoms with van der Waals surface area (Å²) in [5, 5.41) is 8.76. The maximum Gasteiger partial charge on any atom is 0.453 e. The van der Waals surface area contributed by atoms with Crippen LogP contribution in [0, 0.1) is 0 Å². The normalized spacial score (nSPS) is 18.9. The first-order valence-corrected chi connectivity index (χ1v) is 7.15. The molecular formula is C10H14F3N5O2S. The first kappa shape index (κ1) is 15.9. The van der Waals surface area contributed by atoms with Crippen LogP contribution in [0.5, 0.6) is 0 Å². The van der Waals surface area contributed by atoms with E-state index in [-0.39, 0.29) is 22.9 Å². The summed E-state index contributed by atoms with van der Waals surface area (Å²) in [7, 11) is 0. The number of halogens is 3. The molecule has 7 nitrogen and oxygen atoms in total. The van der Waals surface area contributed by atoms with E-state index in [4.69, 9.17) is 10.6 Å². The number of nitrogens with one attached hydrogen (secondary N) is 1. The van der Waals surface area contributed by atoms with Crippen molar-refractivity contribution in [2.45, 2.75) is 30.3 Å². The maximum absolute atomic E-state index is 12.4. The Labute approximate surface area is 122 Å². The number of carbonyl (C=O) groups excluding carboxylic acids is 1. The highest BCUT2D eigenvalue weighted by Crippen LogP contribution is 2.28. The van der Waals surface area contributed by atoms with Crippen LogP contribution in [0.3, 0.4) is 0 Å². The topological polar surface area (TPSA) is 95.1 Å². The summed E-state index contributed by atoms with van der Waals surface area (Å²) >= 11 is 0.786. The predicted molar refractivity (Wildman–Crippen MR) is 67.9 cm³/mol. The molecule has 1 aromatic heterocycles. The number of rotatable bonds is 5. The number of amides is 1. The molecule has 1 fully saturated rings. The molecule has 21 heavy (non-hydrogen) atoms. The van der Waals surface area contributed by atoms with Crippen LogP contribution < -0.4 is 11.2 Å². The molecule has 1 aliphatic heterocycles. The zero-order valence-corrected chi connectivity index (χ0v) is 11.7. The molecule has 1 amide bonds. The predicted octanol–water partition coefficient (Wildman–Crippen LogP) is 0.398. The van der Waals surface area contributed by atoms with E-state index in [1.807, 2.05) is 0 Å². The van der Waals surface area contributed by atoms with E-state index in [1.165, 1.54) is 0 Å². The van der Waals surface area contributed by atoms with Crippen molar-refractivity contribution in [1.29, 1.82) is 0 Å². The van der Waals surface area contributed by atoms with Gasteiger partial charge in [0.05, 0.1) is 11.9 Å². The van der Waals surface area contributed by atoms with E-state index < -0.39 is 12.0 Å². The second kappa shape index (κ2) is 6.52. The molecule has 0 aromatic carbocycles. The summed E-state index contributed by atoms with van der Waals surface area (Å²) in [5.41, 5.74) is 0. The largest absolute Gasteiger partial charge is 0.453 e. The molecule has 0 radical (unpaired) electrons. The summed E-state index contributed by atoms with van der Waals surface area (Å²) in [6.45, 7) is 1.08. The van der Waals surface area contributed by atoms with Crippen molar-refractivity contribution in [1.82, 2.24) is 20.2 Å². The molecule has 2 rings (SSSR count). The van der Waals surface area contributed by atoms with Crippen LogP contribution in [0.15, 0.2) is 5.16 Å². The maximum atomic E-state index is 12.4. The highest BCUT2D eigenvalue weighted by molar-refractivity contribution is 7.99. The summed E-state index contributed by atoms with van der Waals surface area (Å²) < 4.78 is 43.0. The second-order valence-electron chi connectivity index (χ2n) is 4.40. The van der Waals surface area contributed by atoms with Gasteiger partial charge in [-0.2, -0.15) is 13.2 Å². The zero-order valence-electron chi connectivity index (χ0n) is 10.9. The molecule has 0 saturated carbocycles. The molecule has 2 heterocycles. The van der Waals surface area contributed by atoms with E-state index in [1.54, 1.807) is 0 Å². The van der Waals surface area contributed by atoms with Gasteiger partial charge in [-0.1, -0.05) is 11.8 Å². The third-order valence-electron chi connectivity index (χ3n) is 2.80. The first-order chi connectivity index (χ1) is 9.88. The van der Waals surface area contributed by atoms with Gasteiger partial charge in [-0.3, -0.25) is 4.79 Å². The van der Waals surface area contributed by atoms with Crippen molar-refractivity contribution >= 4 is 17.7 Å². The number of ether oxygens (including phenoxy) is 1. The van der Waals surface area contributed by atoms with Crippen LogP contribution in [0.2, 0.25) is 0 Å². The molecule has 1 saturated heterocycles. The quantitative estimate of drug-likeness (QED) is 0.601. The van der Waals surface area contributed by atoms with Crippen LogP contribution in [0.25, 0.3) is 0 Å². The second-order valence-corrected chi connectivity index (χ2v) is 5.34. The molecule has 0 aliphatic carbocycles. The molecule has 11 heteroatoms. The van der Waals surface area contributed by atoms with Crippen molar-refractivity contribution in [2.24, 2.45) is 0 Å². The van der Waals surface area contributed by atoms with Gasteiger partial charge < -0.3 is 15.9 Å². The van der Waals surface area contributed by atoms with Crippen molar-refractivity contribution in [3.05, 3.63) is 5.82 Å². The minimum Gasteiger partial charge on any atom is -0.376 e. The van der Waals surface area contributed by atoms with Crippen molar-refractivity contribution in [2.75, 3.05) is 24.7 Å². The SMILES string of the molecule is Nn1c(SCC(=O)NC[C@H]2CCCO2)nnc1C(F)(F)F. The Morgan fingerprint density at radius 3 is 2.86 bits per heavy atom. The lowest BCUT2D eigenvalue weighted by Crippen LogP contribution is -2.33. The number of hydrogen-bond acceptors (Lipinski definition) is 6. The first-order valence-electron chi connectivity index (χ1n) is 6.16. The van der Waals surface area contributed by atoms with Crippen LogP contribution in [-0.4, -0.2) is 45.8 Å². The number of thioether (sulfide) groups is 1. The van der Waals surface area contributed by atoms with Gasteiger partial charge in [0.25, 0.3) is 5.82 Å². The summed E-state index contributed by atoms with van der Waals surface area (Å²) in [6, 6.07) is 0. The van der Waals surface area contributed by atoms with E-state index >= 15 is 0 Å². The van der Waals surface area contributed by atoms with Gasteiger partial charge in [-0.15, -0.1) is 10.2 Å².